The van der Waals surface area contributed by atoms with Gasteiger partial charge in [-0.1, -0.05) is 67.9 Å². The molecule has 1 nitrogen and oxygen atoms in total. The summed E-state index contributed by atoms with van der Waals surface area (Å²) >= 11 is 0. The average molecular weight is 317 g/mol. The minimum absolute atomic E-state index is 0.241. The number of carbonyl (C=O) groups excluding carboxylic acids is 1. The van der Waals surface area contributed by atoms with Crippen molar-refractivity contribution in [3.05, 3.63) is 23.8 Å². The van der Waals surface area contributed by atoms with E-state index >= 15 is 0 Å². The van der Waals surface area contributed by atoms with Crippen LogP contribution in [-0.2, 0) is 0 Å². The molecular weight excluding hydrogens is 288 g/mol. The van der Waals surface area contributed by atoms with Crippen LogP contribution in [0.1, 0.15) is 29.6 Å². The van der Waals surface area contributed by atoms with Crippen LogP contribution in [0.3, 0.4) is 0 Å². The lowest BCUT2D eigenvalue weighted by atomic mass is 10.1. The third kappa shape index (κ3) is 5.30. The molecule has 1 aromatic rings. The van der Waals surface area contributed by atoms with Crippen molar-refractivity contribution in [1.82, 2.24) is 0 Å². The molecule has 0 saturated heterocycles. The van der Waals surface area contributed by atoms with E-state index in [1.54, 1.807) is 0 Å². The SMILES string of the molecule is C#CCCCC(=O)c1cc([Si](C)(C)C)cc([Si](C)(C)C)c1. The van der Waals surface area contributed by atoms with Gasteiger partial charge < -0.3 is 0 Å². The second-order valence-electron chi connectivity index (χ2n) is 7.78. The Morgan fingerprint density at radius 2 is 1.48 bits per heavy atom. The zero-order chi connectivity index (χ0) is 16.3. The van der Waals surface area contributed by atoms with Gasteiger partial charge in [0.25, 0.3) is 0 Å². The molecule has 0 aliphatic heterocycles. The first-order chi connectivity index (χ1) is 9.55. The van der Waals surface area contributed by atoms with E-state index < -0.39 is 16.1 Å². The molecule has 0 amide bonds. The summed E-state index contributed by atoms with van der Waals surface area (Å²) in [6.45, 7) is 14.0. The lowest BCUT2D eigenvalue weighted by molar-refractivity contribution is 0.0981. The third-order valence-electron chi connectivity index (χ3n) is 3.71. The fraction of sp³-hybridized carbons (Fsp3) is 0.500. The molecule has 21 heavy (non-hydrogen) atoms. The van der Waals surface area contributed by atoms with Gasteiger partial charge in [-0.2, -0.15) is 0 Å². The van der Waals surface area contributed by atoms with Crippen LogP contribution in [0, 0.1) is 12.3 Å². The highest BCUT2D eigenvalue weighted by Crippen LogP contribution is 2.11. The van der Waals surface area contributed by atoms with Crippen LogP contribution in [0.2, 0.25) is 39.3 Å². The summed E-state index contributed by atoms with van der Waals surface area (Å²) < 4.78 is 0. The molecule has 0 N–H and O–H groups in total. The Morgan fingerprint density at radius 3 is 1.86 bits per heavy atom. The van der Waals surface area contributed by atoms with Crippen molar-refractivity contribution in [3.8, 4) is 12.3 Å². The van der Waals surface area contributed by atoms with E-state index in [4.69, 9.17) is 6.42 Å². The van der Waals surface area contributed by atoms with Gasteiger partial charge in [-0.25, -0.2) is 0 Å². The second kappa shape index (κ2) is 6.76. The molecule has 1 rings (SSSR count). The van der Waals surface area contributed by atoms with Crippen molar-refractivity contribution in [1.29, 1.82) is 0 Å². The summed E-state index contributed by atoms with van der Waals surface area (Å²) in [6, 6.07) is 6.62. The molecule has 0 spiro atoms. The first-order valence-electron chi connectivity index (χ1n) is 7.68. The van der Waals surface area contributed by atoms with Crippen molar-refractivity contribution in [3.63, 3.8) is 0 Å². The molecule has 0 bridgehead atoms. The van der Waals surface area contributed by atoms with Crippen LogP contribution in [-0.4, -0.2) is 21.9 Å². The van der Waals surface area contributed by atoms with Gasteiger partial charge in [-0.05, 0) is 6.42 Å². The number of terminal acetylenes is 1. The quantitative estimate of drug-likeness (QED) is 0.338. The number of unbranched alkanes of at least 4 members (excludes halogenated alkanes) is 1. The van der Waals surface area contributed by atoms with Crippen LogP contribution in [0.15, 0.2) is 18.2 Å². The summed E-state index contributed by atoms with van der Waals surface area (Å²) in [4.78, 5) is 12.4. The van der Waals surface area contributed by atoms with Gasteiger partial charge in [-0.3, -0.25) is 4.79 Å². The van der Waals surface area contributed by atoms with Gasteiger partial charge in [-0.15, -0.1) is 12.3 Å². The van der Waals surface area contributed by atoms with Gasteiger partial charge in [0.2, 0.25) is 0 Å². The summed E-state index contributed by atoms with van der Waals surface area (Å²) in [5, 5.41) is 2.78. The van der Waals surface area contributed by atoms with E-state index in [0.717, 1.165) is 12.0 Å². The Labute approximate surface area is 132 Å². The van der Waals surface area contributed by atoms with Crippen molar-refractivity contribution >= 4 is 32.3 Å². The lowest BCUT2D eigenvalue weighted by Crippen LogP contribution is -2.45. The summed E-state index contributed by atoms with van der Waals surface area (Å²) in [5.74, 6) is 2.85. The minimum Gasteiger partial charge on any atom is -0.294 e. The number of carbonyl (C=O) groups is 1. The summed E-state index contributed by atoms with van der Waals surface area (Å²) in [7, 11) is -2.84. The molecule has 0 aromatic heterocycles. The first-order valence-corrected chi connectivity index (χ1v) is 14.7. The molecule has 0 saturated carbocycles. The molecule has 0 unspecified atom stereocenters. The van der Waals surface area contributed by atoms with Gasteiger partial charge in [0.15, 0.2) is 5.78 Å². The van der Waals surface area contributed by atoms with Crippen LogP contribution < -0.4 is 10.4 Å². The molecule has 3 heteroatoms. The molecule has 0 aliphatic carbocycles. The Morgan fingerprint density at radius 1 is 1.00 bits per heavy atom. The maximum Gasteiger partial charge on any atom is 0.162 e. The maximum absolute atomic E-state index is 12.4. The fourth-order valence-electron chi connectivity index (χ4n) is 2.15. The number of hydrogen-bond acceptors (Lipinski definition) is 1. The van der Waals surface area contributed by atoms with Gasteiger partial charge >= 0.3 is 0 Å². The zero-order valence-corrected chi connectivity index (χ0v) is 16.3. The molecule has 0 atom stereocenters. The monoisotopic (exact) mass is 316 g/mol. The Kier molecular flexibility index (Phi) is 5.78. The Bertz CT molecular complexity index is 522. The van der Waals surface area contributed by atoms with E-state index in [2.05, 4.69) is 63.4 Å². The summed E-state index contributed by atoms with van der Waals surface area (Å²) in [5.41, 5.74) is 0.893. The molecule has 114 valence electrons. The molecule has 0 heterocycles. The average Bonchev–Trinajstić information content (AvgIpc) is 2.36. The van der Waals surface area contributed by atoms with E-state index in [1.807, 2.05) is 0 Å². The highest BCUT2D eigenvalue weighted by Gasteiger charge is 2.24. The second-order valence-corrected chi connectivity index (χ2v) is 17.9. The topological polar surface area (TPSA) is 17.1 Å². The maximum atomic E-state index is 12.4. The van der Waals surface area contributed by atoms with Crippen LogP contribution >= 0.6 is 0 Å². The van der Waals surface area contributed by atoms with E-state index in [-0.39, 0.29) is 5.78 Å². The predicted octanol–water partition coefficient (Wildman–Crippen LogP) is 3.76. The predicted molar refractivity (Wildman–Crippen MR) is 99.4 cm³/mol. The number of hydrogen-bond donors (Lipinski definition) is 0. The highest BCUT2D eigenvalue weighted by atomic mass is 28.3. The van der Waals surface area contributed by atoms with Gasteiger partial charge in [0.05, 0.1) is 16.1 Å². The molecular formula is C18H28OSi2. The van der Waals surface area contributed by atoms with Crippen molar-refractivity contribution in [2.45, 2.75) is 58.5 Å². The first kappa shape index (κ1) is 17.9. The number of benzene rings is 1. The van der Waals surface area contributed by atoms with Gasteiger partial charge in [0.1, 0.15) is 0 Å². The highest BCUT2D eigenvalue weighted by molar-refractivity contribution is 6.91. The Hall–Kier alpha value is -1.12. The van der Waals surface area contributed by atoms with Crippen molar-refractivity contribution < 1.29 is 4.79 Å². The normalized spacial score (nSPS) is 12.0. The van der Waals surface area contributed by atoms with E-state index in [1.165, 1.54) is 10.4 Å². The molecule has 1 aromatic carbocycles. The van der Waals surface area contributed by atoms with Crippen molar-refractivity contribution in [2.75, 3.05) is 0 Å². The molecule has 0 radical (unpaired) electrons. The number of rotatable bonds is 6. The lowest BCUT2D eigenvalue weighted by Gasteiger charge is -2.24. The Balaban J connectivity index is 3.20. The summed E-state index contributed by atoms with van der Waals surface area (Å²) in [6.07, 6.45) is 7.29. The fourth-order valence-corrected chi connectivity index (χ4v) is 4.65. The minimum atomic E-state index is -1.42. The van der Waals surface area contributed by atoms with Crippen LogP contribution in [0.4, 0.5) is 0 Å². The smallest absolute Gasteiger partial charge is 0.162 e. The zero-order valence-electron chi connectivity index (χ0n) is 14.3. The van der Waals surface area contributed by atoms with Crippen molar-refractivity contribution in [2.24, 2.45) is 0 Å². The van der Waals surface area contributed by atoms with Crippen LogP contribution in [0.25, 0.3) is 0 Å². The largest absolute Gasteiger partial charge is 0.294 e. The van der Waals surface area contributed by atoms with Crippen LogP contribution in [0.5, 0.6) is 0 Å². The number of Topliss-reactive ketones (excluding diaryl/α,β-unsaturated/α-hetero) is 1. The van der Waals surface area contributed by atoms with Gasteiger partial charge in [0, 0.05) is 18.4 Å². The standard InChI is InChI=1S/C18H28OSi2/c1-8-9-10-11-18(19)15-12-16(20(2,3)4)14-17(13-15)21(5,6)7/h1,12-14H,9-11H2,2-7H3. The molecule has 0 aliphatic rings. The van der Waals surface area contributed by atoms with E-state index in [0.29, 0.717) is 12.8 Å². The molecule has 0 fully saturated rings. The third-order valence-corrected chi connectivity index (χ3v) is 7.75. The number of ketones is 1. The van der Waals surface area contributed by atoms with E-state index in [9.17, 15) is 4.79 Å².